The number of H-pyrrole nitrogens is 1. The number of benzene rings is 1. The molecule has 1 N–H and O–H groups in total. The first kappa shape index (κ1) is 12.3. The molecule has 2 rings (SSSR count). The van der Waals surface area contributed by atoms with Crippen molar-refractivity contribution in [2.45, 2.75) is 6.42 Å². The molecule has 0 saturated heterocycles. The molecular weight excluding hydrogens is 257 g/mol. The van der Waals surface area contributed by atoms with Gasteiger partial charge in [-0.2, -0.15) is 5.26 Å². The van der Waals surface area contributed by atoms with E-state index >= 15 is 0 Å². The monoisotopic (exact) mass is 263 g/mol. The molecule has 0 radical (unpaired) electrons. The van der Waals surface area contributed by atoms with E-state index in [1.165, 1.54) is 6.07 Å². The summed E-state index contributed by atoms with van der Waals surface area (Å²) in [7, 11) is 0. The first-order valence-electron chi connectivity index (χ1n) is 5.03. The lowest BCUT2D eigenvalue weighted by Crippen LogP contribution is -2.14. The maximum Gasteiger partial charge on any atom is 0.268 e. The van der Waals surface area contributed by atoms with Crippen molar-refractivity contribution in [1.82, 2.24) is 9.97 Å². The van der Waals surface area contributed by atoms with Crippen LogP contribution in [0.25, 0.3) is 0 Å². The molecule has 1 heterocycles. The summed E-state index contributed by atoms with van der Waals surface area (Å²) in [6.45, 7) is 0. The zero-order chi connectivity index (χ0) is 13.1. The highest BCUT2D eigenvalue weighted by Crippen LogP contribution is 2.19. The Morgan fingerprint density at radius 1 is 1.50 bits per heavy atom. The largest absolute Gasteiger partial charge is 0.309 e. The molecule has 0 bridgehead atoms. The molecule has 0 aliphatic rings. The van der Waals surface area contributed by atoms with E-state index in [1.54, 1.807) is 18.2 Å². The van der Waals surface area contributed by atoms with Crippen molar-refractivity contribution >= 4 is 11.6 Å². The van der Waals surface area contributed by atoms with Gasteiger partial charge >= 0.3 is 0 Å². The third-order valence-electron chi connectivity index (χ3n) is 2.36. The van der Waals surface area contributed by atoms with E-state index in [0.717, 1.165) is 6.20 Å². The number of nitrogens with one attached hydrogen (secondary N) is 1. The first-order chi connectivity index (χ1) is 8.61. The van der Waals surface area contributed by atoms with Crippen molar-refractivity contribution < 1.29 is 4.39 Å². The van der Waals surface area contributed by atoms with Crippen LogP contribution in [-0.2, 0) is 6.42 Å². The van der Waals surface area contributed by atoms with Crippen molar-refractivity contribution in [3.8, 4) is 6.07 Å². The van der Waals surface area contributed by atoms with Crippen molar-refractivity contribution in [3.63, 3.8) is 0 Å². The maximum atomic E-state index is 13.6. The van der Waals surface area contributed by atoms with Crippen LogP contribution in [0.5, 0.6) is 0 Å². The topological polar surface area (TPSA) is 69.5 Å². The Kier molecular flexibility index (Phi) is 3.40. The minimum absolute atomic E-state index is 0.0171. The normalized spacial score (nSPS) is 10.1. The molecule has 0 unspecified atom stereocenters. The Bertz CT molecular complexity index is 690. The van der Waals surface area contributed by atoms with E-state index in [1.807, 2.05) is 0 Å². The molecule has 1 aromatic carbocycles. The summed E-state index contributed by atoms with van der Waals surface area (Å²) >= 11 is 5.65. The van der Waals surface area contributed by atoms with Gasteiger partial charge in [0.05, 0.1) is 11.2 Å². The van der Waals surface area contributed by atoms with Crippen LogP contribution in [0.15, 0.2) is 29.2 Å². The minimum atomic E-state index is -0.537. The molecular formula is C12H7ClFN3O. The SMILES string of the molecule is N#Cc1cnc(Cc2cccc(Cl)c2F)[nH]c1=O. The average molecular weight is 264 g/mol. The van der Waals surface area contributed by atoms with Crippen molar-refractivity contribution in [2.24, 2.45) is 0 Å². The second-order valence-corrected chi connectivity index (χ2v) is 3.98. The van der Waals surface area contributed by atoms with Gasteiger partial charge in [0.15, 0.2) is 0 Å². The molecule has 18 heavy (non-hydrogen) atoms. The fraction of sp³-hybridized carbons (Fsp3) is 0.0833. The van der Waals surface area contributed by atoms with Crippen molar-refractivity contribution in [3.05, 3.63) is 62.5 Å². The van der Waals surface area contributed by atoms with Gasteiger partial charge in [0, 0.05) is 6.42 Å². The maximum absolute atomic E-state index is 13.6. The second kappa shape index (κ2) is 4.98. The van der Waals surface area contributed by atoms with Crippen LogP contribution in [0, 0.1) is 17.1 Å². The number of nitriles is 1. The van der Waals surface area contributed by atoms with Crippen LogP contribution in [-0.4, -0.2) is 9.97 Å². The Morgan fingerprint density at radius 3 is 2.94 bits per heavy atom. The van der Waals surface area contributed by atoms with Crippen LogP contribution in [0.2, 0.25) is 5.02 Å². The van der Waals surface area contributed by atoms with Gasteiger partial charge in [0.1, 0.15) is 23.3 Å². The van der Waals surface area contributed by atoms with Gasteiger partial charge in [0.2, 0.25) is 0 Å². The molecule has 0 aliphatic carbocycles. The summed E-state index contributed by atoms with van der Waals surface area (Å²) < 4.78 is 13.6. The Labute approximate surface area is 107 Å². The molecule has 0 atom stereocenters. The van der Waals surface area contributed by atoms with E-state index in [-0.39, 0.29) is 22.8 Å². The number of aromatic nitrogens is 2. The highest BCUT2D eigenvalue weighted by molar-refractivity contribution is 6.30. The van der Waals surface area contributed by atoms with Crippen molar-refractivity contribution in [2.75, 3.05) is 0 Å². The number of hydrogen-bond donors (Lipinski definition) is 1. The molecule has 0 fully saturated rings. The van der Waals surface area contributed by atoms with Gasteiger partial charge in [-0.25, -0.2) is 9.37 Å². The average Bonchev–Trinajstić information content (AvgIpc) is 2.35. The third-order valence-corrected chi connectivity index (χ3v) is 2.65. The third kappa shape index (κ3) is 2.39. The number of rotatable bonds is 2. The molecule has 1 aromatic heterocycles. The molecule has 0 amide bonds. The lowest BCUT2D eigenvalue weighted by atomic mass is 10.1. The standard InChI is InChI=1S/C12H7ClFN3O/c13-9-3-1-2-7(11(9)14)4-10-16-6-8(5-15)12(18)17-10/h1-3,6H,4H2,(H,16,17,18). The Balaban J connectivity index is 2.35. The van der Waals surface area contributed by atoms with Gasteiger partial charge in [0.25, 0.3) is 5.56 Å². The van der Waals surface area contributed by atoms with E-state index in [4.69, 9.17) is 16.9 Å². The van der Waals surface area contributed by atoms with Crippen LogP contribution in [0.1, 0.15) is 17.0 Å². The highest BCUT2D eigenvalue weighted by atomic mass is 35.5. The molecule has 90 valence electrons. The van der Waals surface area contributed by atoms with E-state index in [9.17, 15) is 9.18 Å². The summed E-state index contributed by atoms with van der Waals surface area (Å²) in [5.74, 6) is -0.258. The van der Waals surface area contributed by atoms with E-state index < -0.39 is 11.4 Å². The predicted octanol–water partition coefficient (Wildman–Crippen LogP) is 2.02. The van der Waals surface area contributed by atoms with Crippen LogP contribution in [0.4, 0.5) is 4.39 Å². The Morgan fingerprint density at radius 2 is 2.28 bits per heavy atom. The first-order valence-corrected chi connectivity index (χ1v) is 5.41. The summed E-state index contributed by atoms with van der Waals surface area (Å²) in [6.07, 6.45) is 1.27. The second-order valence-electron chi connectivity index (χ2n) is 3.57. The summed E-state index contributed by atoms with van der Waals surface area (Å²) in [4.78, 5) is 17.7. The zero-order valence-electron chi connectivity index (χ0n) is 9.08. The minimum Gasteiger partial charge on any atom is -0.309 e. The fourth-order valence-electron chi connectivity index (χ4n) is 1.47. The summed E-state index contributed by atoms with van der Waals surface area (Å²) in [6, 6.07) is 6.31. The van der Waals surface area contributed by atoms with Gasteiger partial charge in [-0.1, -0.05) is 23.7 Å². The number of hydrogen-bond acceptors (Lipinski definition) is 3. The van der Waals surface area contributed by atoms with Gasteiger partial charge in [-0.15, -0.1) is 0 Å². The highest BCUT2D eigenvalue weighted by Gasteiger charge is 2.09. The van der Waals surface area contributed by atoms with Crippen molar-refractivity contribution in [1.29, 1.82) is 5.26 Å². The number of aromatic amines is 1. The lowest BCUT2D eigenvalue weighted by molar-refractivity contribution is 0.612. The molecule has 6 heteroatoms. The Hall–Kier alpha value is -2.19. The fourth-order valence-corrected chi connectivity index (χ4v) is 1.66. The molecule has 4 nitrogen and oxygen atoms in total. The van der Waals surface area contributed by atoms with Gasteiger partial charge < -0.3 is 4.98 Å². The zero-order valence-corrected chi connectivity index (χ0v) is 9.83. The van der Waals surface area contributed by atoms with E-state index in [2.05, 4.69) is 9.97 Å². The van der Waals surface area contributed by atoms with Crippen LogP contribution in [0.3, 0.4) is 0 Å². The quantitative estimate of drug-likeness (QED) is 0.901. The van der Waals surface area contributed by atoms with Crippen LogP contribution < -0.4 is 5.56 Å². The molecule has 0 spiro atoms. The molecule has 2 aromatic rings. The van der Waals surface area contributed by atoms with Crippen LogP contribution >= 0.6 is 11.6 Å². The summed E-state index contributed by atoms with van der Waals surface area (Å²) in [5, 5.41) is 8.61. The predicted molar refractivity (Wildman–Crippen MR) is 63.8 cm³/mol. The smallest absolute Gasteiger partial charge is 0.268 e. The summed E-state index contributed by atoms with van der Waals surface area (Å²) in [5.41, 5.74) is -0.286. The molecule has 0 aliphatic heterocycles. The number of halogens is 2. The van der Waals surface area contributed by atoms with Gasteiger partial charge in [-0.3, -0.25) is 4.79 Å². The number of nitrogens with zero attached hydrogens (tertiary/aromatic N) is 2. The van der Waals surface area contributed by atoms with E-state index in [0.29, 0.717) is 5.56 Å². The molecule has 0 saturated carbocycles. The lowest BCUT2D eigenvalue weighted by Gasteiger charge is -2.03. The van der Waals surface area contributed by atoms with Gasteiger partial charge in [-0.05, 0) is 11.6 Å².